The van der Waals surface area contributed by atoms with Crippen molar-refractivity contribution >= 4 is 0 Å². The molecular formula is C30H54. The van der Waals surface area contributed by atoms with Gasteiger partial charge in [0.05, 0.1) is 0 Å². The van der Waals surface area contributed by atoms with Crippen molar-refractivity contribution in [2.24, 2.45) is 70.0 Å². The highest BCUT2D eigenvalue weighted by molar-refractivity contribution is 5.09. The van der Waals surface area contributed by atoms with Crippen LogP contribution in [0.2, 0.25) is 0 Å². The van der Waals surface area contributed by atoms with Crippen molar-refractivity contribution in [1.82, 2.24) is 0 Å². The molecule has 0 saturated heterocycles. The Morgan fingerprint density at radius 1 is 0.733 bits per heavy atom. The van der Waals surface area contributed by atoms with E-state index in [0.717, 1.165) is 59.2 Å². The molecule has 4 aliphatic rings. The van der Waals surface area contributed by atoms with Crippen LogP contribution in [-0.2, 0) is 0 Å². The molecule has 0 N–H and O–H groups in total. The highest BCUT2D eigenvalue weighted by Gasteiger charge is 2.60. The second-order valence-corrected chi connectivity index (χ2v) is 14.0. The Morgan fingerprint density at radius 3 is 2.10 bits per heavy atom. The molecule has 11 unspecified atom stereocenters. The number of fused-ring (bicyclic) bond motifs is 5. The lowest BCUT2D eigenvalue weighted by atomic mass is 9.43. The molecular weight excluding hydrogens is 360 g/mol. The van der Waals surface area contributed by atoms with Gasteiger partial charge in [0, 0.05) is 0 Å². The monoisotopic (exact) mass is 414 g/mol. The zero-order valence-corrected chi connectivity index (χ0v) is 21.8. The summed E-state index contributed by atoms with van der Waals surface area (Å²) in [4.78, 5) is 0. The summed E-state index contributed by atoms with van der Waals surface area (Å²) in [5.74, 6) is 9.61. The molecule has 30 heavy (non-hydrogen) atoms. The second-order valence-electron chi connectivity index (χ2n) is 14.0. The van der Waals surface area contributed by atoms with Crippen LogP contribution in [0.1, 0.15) is 120 Å². The maximum atomic E-state index is 2.76. The summed E-state index contributed by atoms with van der Waals surface area (Å²) < 4.78 is 0. The topological polar surface area (TPSA) is 0 Å². The lowest BCUT2D eigenvalue weighted by Gasteiger charge is -2.62. The molecule has 11 atom stereocenters. The largest absolute Gasteiger partial charge is 0.0625 e. The Morgan fingerprint density at radius 2 is 1.40 bits per heavy atom. The summed E-state index contributed by atoms with van der Waals surface area (Å²) in [5.41, 5.74) is 1.32. The second kappa shape index (κ2) is 8.41. The van der Waals surface area contributed by atoms with Crippen LogP contribution < -0.4 is 0 Å². The van der Waals surface area contributed by atoms with E-state index in [2.05, 4.69) is 55.4 Å². The third-order valence-corrected chi connectivity index (χ3v) is 12.5. The van der Waals surface area contributed by atoms with Crippen LogP contribution in [0.15, 0.2) is 0 Å². The van der Waals surface area contributed by atoms with Gasteiger partial charge in [-0.1, -0.05) is 68.2 Å². The number of rotatable bonds is 5. The van der Waals surface area contributed by atoms with Crippen molar-refractivity contribution < 1.29 is 0 Å². The van der Waals surface area contributed by atoms with Gasteiger partial charge in [-0.15, -0.1) is 0 Å². The van der Waals surface area contributed by atoms with Crippen LogP contribution in [0.25, 0.3) is 0 Å². The molecule has 4 rings (SSSR count). The van der Waals surface area contributed by atoms with E-state index in [1.54, 1.807) is 32.1 Å². The van der Waals surface area contributed by atoms with Gasteiger partial charge >= 0.3 is 0 Å². The van der Waals surface area contributed by atoms with Crippen LogP contribution in [0.5, 0.6) is 0 Å². The molecule has 0 heteroatoms. The van der Waals surface area contributed by atoms with Gasteiger partial charge < -0.3 is 0 Å². The van der Waals surface area contributed by atoms with Gasteiger partial charge in [-0.2, -0.15) is 0 Å². The van der Waals surface area contributed by atoms with E-state index in [-0.39, 0.29) is 0 Å². The van der Waals surface area contributed by atoms with Crippen molar-refractivity contribution in [1.29, 1.82) is 0 Å². The molecule has 4 aliphatic carbocycles. The highest BCUT2D eigenvalue weighted by atomic mass is 14.7. The average molecular weight is 415 g/mol. The Kier molecular flexibility index (Phi) is 6.49. The van der Waals surface area contributed by atoms with Crippen LogP contribution >= 0.6 is 0 Å². The first-order chi connectivity index (χ1) is 14.1. The van der Waals surface area contributed by atoms with Gasteiger partial charge in [-0.05, 0) is 121 Å². The van der Waals surface area contributed by atoms with E-state index in [0.29, 0.717) is 10.8 Å². The van der Waals surface area contributed by atoms with Crippen LogP contribution in [0.4, 0.5) is 0 Å². The third kappa shape index (κ3) is 3.63. The zero-order valence-electron chi connectivity index (χ0n) is 21.8. The van der Waals surface area contributed by atoms with Gasteiger partial charge in [0.15, 0.2) is 0 Å². The SMILES string of the molecule is CC(C)C(C)C(C)CC(C)C1CCC2C3CCC4C(C)CCCC4(C)C3CCC12C. The lowest BCUT2D eigenvalue weighted by molar-refractivity contribution is -0.127. The summed E-state index contributed by atoms with van der Waals surface area (Å²) in [6.07, 6.45) is 15.3. The maximum Gasteiger partial charge on any atom is -0.0264 e. The average Bonchev–Trinajstić information content (AvgIpc) is 3.04. The van der Waals surface area contributed by atoms with Crippen molar-refractivity contribution in [3.63, 3.8) is 0 Å². The van der Waals surface area contributed by atoms with E-state index in [1.165, 1.54) is 32.1 Å². The van der Waals surface area contributed by atoms with Gasteiger partial charge in [-0.25, -0.2) is 0 Å². The Bertz CT molecular complexity index is 591. The standard InChI is InChI=1S/C30H54/c1-19(2)23(6)21(4)18-22(5)26-13-14-27-24-11-12-25-20(3)10-9-16-29(25,7)28(24)15-17-30(26,27)8/h19-28H,9-18H2,1-8H3. The predicted octanol–water partition coefficient (Wildman–Crippen LogP) is 9.24. The van der Waals surface area contributed by atoms with Crippen LogP contribution in [0.3, 0.4) is 0 Å². The van der Waals surface area contributed by atoms with Crippen molar-refractivity contribution in [2.75, 3.05) is 0 Å². The third-order valence-electron chi connectivity index (χ3n) is 12.5. The van der Waals surface area contributed by atoms with E-state index in [4.69, 9.17) is 0 Å². The van der Waals surface area contributed by atoms with E-state index >= 15 is 0 Å². The normalized spacial score (nSPS) is 49.1. The Hall–Kier alpha value is 0. The smallest absolute Gasteiger partial charge is 0.0264 e. The summed E-state index contributed by atoms with van der Waals surface area (Å²) >= 11 is 0. The molecule has 0 heterocycles. The highest BCUT2D eigenvalue weighted by Crippen LogP contribution is 2.69. The first kappa shape index (κ1) is 23.2. The first-order valence-electron chi connectivity index (χ1n) is 14.1. The summed E-state index contributed by atoms with van der Waals surface area (Å²) in [5, 5.41) is 0. The maximum absolute atomic E-state index is 2.76. The molecule has 0 aromatic heterocycles. The minimum absolute atomic E-state index is 0.644. The fourth-order valence-electron chi connectivity index (χ4n) is 10.4. The van der Waals surface area contributed by atoms with E-state index < -0.39 is 0 Å². The molecule has 0 nitrogen and oxygen atoms in total. The van der Waals surface area contributed by atoms with Crippen molar-refractivity contribution in [3.8, 4) is 0 Å². The molecule has 4 fully saturated rings. The van der Waals surface area contributed by atoms with E-state index in [1.807, 2.05) is 0 Å². The predicted molar refractivity (Wildman–Crippen MR) is 131 cm³/mol. The molecule has 4 saturated carbocycles. The summed E-state index contributed by atoms with van der Waals surface area (Å²) in [7, 11) is 0. The zero-order chi connectivity index (χ0) is 21.8. The molecule has 0 aromatic carbocycles. The minimum Gasteiger partial charge on any atom is -0.0625 e. The summed E-state index contributed by atoms with van der Waals surface area (Å²) in [6.45, 7) is 20.6. The van der Waals surface area contributed by atoms with E-state index in [9.17, 15) is 0 Å². The molecule has 174 valence electrons. The van der Waals surface area contributed by atoms with Crippen molar-refractivity contribution in [2.45, 2.75) is 120 Å². The van der Waals surface area contributed by atoms with Crippen molar-refractivity contribution in [3.05, 3.63) is 0 Å². The quantitative estimate of drug-likeness (QED) is 0.420. The minimum atomic E-state index is 0.644. The molecule has 0 radical (unpaired) electrons. The molecule has 0 aliphatic heterocycles. The fourth-order valence-corrected chi connectivity index (χ4v) is 10.4. The van der Waals surface area contributed by atoms with Gasteiger partial charge in [0.25, 0.3) is 0 Å². The fraction of sp³-hybridized carbons (Fsp3) is 1.00. The molecule has 0 aromatic rings. The van der Waals surface area contributed by atoms with Crippen LogP contribution in [-0.4, -0.2) is 0 Å². The van der Waals surface area contributed by atoms with Gasteiger partial charge in [0.2, 0.25) is 0 Å². The summed E-state index contributed by atoms with van der Waals surface area (Å²) in [6, 6.07) is 0. The molecule has 0 spiro atoms. The van der Waals surface area contributed by atoms with Gasteiger partial charge in [-0.3, -0.25) is 0 Å². The lowest BCUT2D eigenvalue weighted by Crippen LogP contribution is -2.54. The van der Waals surface area contributed by atoms with Crippen LogP contribution in [0, 0.1) is 70.0 Å². The Balaban J connectivity index is 1.49. The first-order valence-corrected chi connectivity index (χ1v) is 14.1. The number of hydrogen-bond donors (Lipinski definition) is 0. The molecule has 0 amide bonds. The number of hydrogen-bond acceptors (Lipinski definition) is 0. The Labute approximate surface area is 189 Å². The molecule has 0 bridgehead atoms. The van der Waals surface area contributed by atoms with Gasteiger partial charge in [0.1, 0.15) is 0 Å².